The fourth-order valence-electron chi connectivity index (χ4n) is 4.45. The van der Waals surface area contributed by atoms with Crippen LogP contribution in [0, 0.1) is 18.3 Å². The van der Waals surface area contributed by atoms with Crippen molar-refractivity contribution in [2.45, 2.75) is 45.6 Å². The van der Waals surface area contributed by atoms with Gasteiger partial charge < -0.3 is 10.0 Å². The molecule has 1 saturated heterocycles. The molecule has 1 fully saturated rings. The van der Waals surface area contributed by atoms with E-state index in [0.717, 1.165) is 25.9 Å². The monoisotopic (exact) mass is 273 g/mol. The molecule has 1 N–H and O–H groups in total. The standard InChI is InChI=1S/C18H27NO/c1-13-7-8-14-11-17(2,3)18(20,16(14)10-13)15-6-5-9-19(4)12-15/h7-8,10,15,20H,5-6,9,11-12H2,1-4H3. The zero-order valence-corrected chi connectivity index (χ0v) is 13.2. The van der Waals surface area contributed by atoms with Crippen LogP contribution >= 0.6 is 0 Å². The van der Waals surface area contributed by atoms with Crippen molar-refractivity contribution in [2.75, 3.05) is 20.1 Å². The predicted octanol–water partition coefficient (Wildman–Crippen LogP) is 3.11. The lowest BCUT2D eigenvalue weighted by Crippen LogP contribution is -2.50. The fourth-order valence-corrected chi connectivity index (χ4v) is 4.45. The molecular formula is C18H27NO. The van der Waals surface area contributed by atoms with Crippen LogP contribution in [0.5, 0.6) is 0 Å². The predicted molar refractivity (Wildman–Crippen MR) is 82.8 cm³/mol. The Morgan fingerprint density at radius 2 is 2.05 bits per heavy atom. The fraction of sp³-hybridized carbons (Fsp3) is 0.667. The summed E-state index contributed by atoms with van der Waals surface area (Å²) in [7, 11) is 2.18. The molecule has 110 valence electrons. The van der Waals surface area contributed by atoms with Gasteiger partial charge in [-0.3, -0.25) is 0 Å². The number of aliphatic hydroxyl groups is 1. The highest BCUT2D eigenvalue weighted by atomic mass is 16.3. The second kappa shape index (κ2) is 4.57. The third-order valence-corrected chi connectivity index (χ3v) is 5.56. The summed E-state index contributed by atoms with van der Waals surface area (Å²) in [6, 6.07) is 6.61. The minimum atomic E-state index is -0.678. The van der Waals surface area contributed by atoms with Crippen molar-refractivity contribution in [3.05, 3.63) is 34.9 Å². The maximum absolute atomic E-state index is 11.7. The van der Waals surface area contributed by atoms with Gasteiger partial charge in [0.2, 0.25) is 0 Å². The molecule has 0 bridgehead atoms. The minimum Gasteiger partial charge on any atom is -0.384 e. The van der Waals surface area contributed by atoms with Crippen molar-refractivity contribution >= 4 is 0 Å². The second-order valence-corrected chi connectivity index (χ2v) is 7.59. The molecule has 1 aliphatic carbocycles. The Kier molecular flexibility index (Phi) is 3.22. The molecule has 20 heavy (non-hydrogen) atoms. The van der Waals surface area contributed by atoms with Crippen molar-refractivity contribution in [1.82, 2.24) is 4.90 Å². The lowest BCUT2D eigenvalue weighted by atomic mass is 9.66. The summed E-state index contributed by atoms with van der Waals surface area (Å²) < 4.78 is 0. The Hall–Kier alpha value is -0.860. The van der Waals surface area contributed by atoms with Crippen LogP contribution in [0.3, 0.4) is 0 Å². The van der Waals surface area contributed by atoms with Crippen LogP contribution < -0.4 is 0 Å². The summed E-state index contributed by atoms with van der Waals surface area (Å²) >= 11 is 0. The summed E-state index contributed by atoms with van der Waals surface area (Å²) in [6.07, 6.45) is 3.32. The van der Waals surface area contributed by atoms with E-state index in [1.165, 1.54) is 23.1 Å². The molecule has 0 saturated carbocycles. The van der Waals surface area contributed by atoms with Crippen LogP contribution in [0.25, 0.3) is 0 Å². The lowest BCUT2D eigenvalue weighted by Gasteiger charge is -2.47. The van der Waals surface area contributed by atoms with Gasteiger partial charge in [-0.2, -0.15) is 0 Å². The Bertz CT molecular complexity index is 522. The zero-order chi connectivity index (χ0) is 14.5. The molecule has 1 aliphatic heterocycles. The first-order valence-electron chi connectivity index (χ1n) is 7.85. The van der Waals surface area contributed by atoms with Crippen molar-refractivity contribution in [3.63, 3.8) is 0 Å². The Morgan fingerprint density at radius 3 is 2.75 bits per heavy atom. The van der Waals surface area contributed by atoms with E-state index in [4.69, 9.17) is 0 Å². The molecule has 0 radical (unpaired) electrons. The van der Waals surface area contributed by atoms with Crippen molar-refractivity contribution in [3.8, 4) is 0 Å². The molecule has 1 aromatic rings. The van der Waals surface area contributed by atoms with E-state index in [1.54, 1.807) is 0 Å². The number of fused-ring (bicyclic) bond motifs is 1. The Balaban J connectivity index is 2.08. The zero-order valence-electron chi connectivity index (χ0n) is 13.2. The third-order valence-electron chi connectivity index (χ3n) is 5.56. The molecule has 2 heteroatoms. The lowest BCUT2D eigenvalue weighted by molar-refractivity contribution is -0.123. The highest BCUT2D eigenvalue weighted by Crippen LogP contribution is 2.55. The smallest absolute Gasteiger partial charge is 0.0993 e. The number of hydrogen-bond acceptors (Lipinski definition) is 2. The number of piperidine rings is 1. The van der Waals surface area contributed by atoms with E-state index in [-0.39, 0.29) is 5.41 Å². The molecule has 2 nitrogen and oxygen atoms in total. The summed E-state index contributed by atoms with van der Waals surface area (Å²) in [5.41, 5.74) is 3.04. The molecule has 1 aromatic carbocycles. The summed E-state index contributed by atoms with van der Waals surface area (Å²) in [4.78, 5) is 2.37. The maximum atomic E-state index is 11.7. The molecule has 2 unspecified atom stereocenters. The second-order valence-electron chi connectivity index (χ2n) is 7.59. The average molecular weight is 273 g/mol. The maximum Gasteiger partial charge on any atom is 0.0993 e. The van der Waals surface area contributed by atoms with Crippen LogP contribution in [-0.4, -0.2) is 30.1 Å². The third kappa shape index (κ3) is 1.93. The first kappa shape index (κ1) is 14.1. The highest BCUT2D eigenvalue weighted by molar-refractivity contribution is 5.43. The van der Waals surface area contributed by atoms with Crippen LogP contribution in [0.15, 0.2) is 18.2 Å². The van der Waals surface area contributed by atoms with Gasteiger partial charge in [0.15, 0.2) is 0 Å². The van der Waals surface area contributed by atoms with Gasteiger partial charge in [0.1, 0.15) is 0 Å². The number of benzene rings is 1. The minimum absolute atomic E-state index is 0.0774. The Morgan fingerprint density at radius 1 is 1.30 bits per heavy atom. The van der Waals surface area contributed by atoms with E-state index in [0.29, 0.717) is 5.92 Å². The van der Waals surface area contributed by atoms with Gasteiger partial charge >= 0.3 is 0 Å². The molecule has 1 heterocycles. The van der Waals surface area contributed by atoms with E-state index in [9.17, 15) is 5.11 Å². The normalized spacial score (nSPS) is 33.1. The number of nitrogens with zero attached hydrogens (tertiary/aromatic N) is 1. The molecule has 0 spiro atoms. The van der Waals surface area contributed by atoms with Crippen LogP contribution in [0.2, 0.25) is 0 Å². The molecule has 2 atom stereocenters. The van der Waals surface area contributed by atoms with E-state index in [2.05, 4.69) is 50.9 Å². The molecular weight excluding hydrogens is 246 g/mol. The van der Waals surface area contributed by atoms with Crippen LogP contribution in [0.4, 0.5) is 0 Å². The van der Waals surface area contributed by atoms with Gasteiger partial charge in [0.05, 0.1) is 5.60 Å². The summed E-state index contributed by atoms with van der Waals surface area (Å²) in [5.74, 6) is 0.347. The van der Waals surface area contributed by atoms with Gasteiger partial charge in [0, 0.05) is 17.9 Å². The van der Waals surface area contributed by atoms with E-state index >= 15 is 0 Å². The van der Waals surface area contributed by atoms with Crippen LogP contribution in [0.1, 0.15) is 43.4 Å². The van der Waals surface area contributed by atoms with Gasteiger partial charge in [-0.25, -0.2) is 0 Å². The number of aryl methyl sites for hydroxylation is 1. The first-order chi connectivity index (χ1) is 9.34. The highest BCUT2D eigenvalue weighted by Gasteiger charge is 2.55. The average Bonchev–Trinajstić information content (AvgIpc) is 2.59. The number of rotatable bonds is 1. The van der Waals surface area contributed by atoms with Crippen molar-refractivity contribution in [1.29, 1.82) is 0 Å². The van der Waals surface area contributed by atoms with Crippen LogP contribution in [-0.2, 0) is 12.0 Å². The number of likely N-dealkylation sites (tertiary alicyclic amines) is 1. The Labute approximate surface area is 122 Å². The van der Waals surface area contributed by atoms with Crippen molar-refractivity contribution < 1.29 is 5.11 Å². The SMILES string of the molecule is Cc1ccc2c(c1)C(O)(C1CCCN(C)C1)C(C)(C)C2. The first-order valence-corrected chi connectivity index (χ1v) is 7.85. The number of hydrogen-bond donors (Lipinski definition) is 1. The van der Waals surface area contributed by atoms with Gasteiger partial charge in [-0.1, -0.05) is 37.6 Å². The van der Waals surface area contributed by atoms with Gasteiger partial charge in [-0.15, -0.1) is 0 Å². The molecule has 0 amide bonds. The molecule has 0 aromatic heterocycles. The summed E-state index contributed by atoms with van der Waals surface area (Å²) in [5, 5.41) is 11.7. The summed E-state index contributed by atoms with van der Waals surface area (Å²) in [6.45, 7) is 8.76. The quantitative estimate of drug-likeness (QED) is 0.850. The van der Waals surface area contributed by atoms with Gasteiger partial charge in [0.25, 0.3) is 0 Å². The van der Waals surface area contributed by atoms with E-state index in [1.807, 2.05) is 0 Å². The van der Waals surface area contributed by atoms with E-state index < -0.39 is 5.60 Å². The topological polar surface area (TPSA) is 23.5 Å². The van der Waals surface area contributed by atoms with Crippen molar-refractivity contribution in [2.24, 2.45) is 11.3 Å². The van der Waals surface area contributed by atoms with Gasteiger partial charge in [-0.05, 0) is 50.9 Å². The molecule has 3 rings (SSSR count). The largest absolute Gasteiger partial charge is 0.384 e. The molecule has 2 aliphatic rings.